The number of ether oxygens (including phenoxy) is 2. The number of primary amides is 1. The Kier molecular flexibility index (Phi) is 8.70. The van der Waals surface area contributed by atoms with E-state index in [2.05, 4.69) is 20.5 Å². The molecule has 3 amide bonds. The third-order valence-corrected chi connectivity index (χ3v) is 7.11. The normalized spacial score (nSPS) is 17.4. The molecular formula is C26H33F5N8O4. The fourth-order valence-corrected chi connectivity index (χ4v) is 4.58. The number of urea groups is 1. The number of imidazole rings is 1. The van der Waals surface area contributed by atoms with Crippen molar-refractivity contribution in [1.82, 2.24) is 34.6 Å². The number of rotatable bonds is 11. The van der Waals surface area contributed by atoms with Crippen LogP contribution >= 0.6 is 0 Å². The average molecular weight is 617 g/mol. The Labute approximate surface area is 243 Å². The Morgan fingerprint density at radius 3 is 2.47 bits per heavy atom. The maximum absolute atomic E-state index is 14.2. The summed E-state index contributed by atoms with van der Waals surface area (Å²) in [5.41, 5.74) is 3.99. The van der Waals surface area contributed by atoms with Crippen molar-refractivity contribution >= 4 is 17.6 Å². The minimum Gasteiger partial charge on any atom is -0.382 e. The number of carbonyl (C=O) groups excluding carboxylic acids is 2. The Morgan fingerprint density at radius 2 is 1.88 bits per heavy atom. The summed E-state index contributed by atoms with van der Waals surface area (Å²) in [6, 6.07) is 0.947. The quantitative estimate of drug-likeness (QED) is 0.315. The largest absolute Gasteiger partial charge is 0.416 e. The SMILES string of the molecule is COC[C@H](c1cnn2cc([C@@H](COC(C)(C)C(F)(F)F)c3cc(C(N)=O)n(C(C)C)n3)nc2c1)N1CC(F)(F)CNC1=O. The number of carbonyl (C=O) groups is 2. The van der Waals surface area contributed by atoms with Crippen LogP contribution in [0, 0.1) is 0 Å². The molecule has 0 bridgehead atoms. The van der Waals surface area contributed by atoms with E-state index in [1.54, 1.807) is 13.8 Å². The van der Waals surface area contributed by atoms with Gasteiger partial charge in [0.2, 0.25) is 0 Å². The second-order valence-corrected chi connectivity index (χ2v) is 11.1. The van der Waals surface area contributed by atoms with Crippen molar-refractivity contribution in [3.8, 4) is 0 Å². The minimum atomic E-state index is -4.68. The molecule has 3 aromatic heterocycles. The number of amides is 3. The highest BCUT2D eigenvalue weighted by Crippen LogP contribution is 2.36. The van der Waals surface area contributed by atoms with Crippen LogP contribution in [0.3, 0.4) is 0 Å². The van der Waals surface area contributed by atoms with Crippen molar-refractivity contribution in [1.29, 1.82) is 0 Å². The minimum absolute atomic E-state index is 0.0493. The standard InChI is InChI=1S/C26H33F5N8O4/c1-14(2)39-19(22(32)40)7-17(36-39)16(10-43-24(3,4)26(29,30)31)18-9-38-21(35-18)6-15(8-34-38)20(11-42-5)37-13-25(27,28)12-33-23(37)41/h6-9,14,16,20H,10-13H2,1-5H3,(H2,32,40)(H,33,41)/t16-,20+/m0/s1. The third-order valence-electron chi connectivity index (χ3n) is 7.11. The summed E-state index contributed by atoms with van der Waals surface area (Å²) in [4.78, 5) is 30.1. The number of fused-ring (bicyclic) bond motifs is 1. The second-order valence-electron chi connectivity index (χ2n) is 11.1. The van der Waals surface area contributed by atoms with Gasteiger partial charge in [0.1, 0.15) is 5.69 Å². The van der Waals surface area contributed by atoms with Crippen molar-refractivity contribution in [2.75, 3.05) is 33.4 Å². The summed E-state index contributed by atoms with van der Waals surface area (Å²) < 4.78 is 82.4. The average Bonchev–Trinajstić information content (AvgIpc) is 3.53. The molecule has 0 aromatic carbocycles. The Bertz CT molecular complexity index is 1490. The van der Waals surface area contributed by atoms with Gasteiger partial charge in [-0.25, -0.2) is 23.1 Å². The first-order valence-electron chi connectivity index (χ1n) is 13.3. The van der Waals surface area contributed by atoms with E-state index >= 15 is 0 Å². The van der Waals surface area contributed by atoms with E-state index < -0.39 is 61.3 Å². The van der Waals surface area contributed by atoms with Gasteiger partial charge in [0.15, 0.2) is 11.2 Å². The summed E-state index contributed by atoms with van der Waals surface area (Å²) in [6.45, 7) is 3.01. The van der Waals surface area contributed by atoms with Crippen molar-refractivity contribution < 1.29 is 41.0 Å². The van der Waals surface area contributed by atoms with Gasteiger partial charge in [-0.3, -0.25) is 9.48 Å². The van der Waals surface area contributed by atoms with Gasteiger partial charge in [-0.05, 0) is 39.8 Å². The monoisotopic (exact) mass is 616 g/mol. The van der Waals surface area contributed by atoms with Crippen LogP contribution in [-0.2, 0) is 9.47 Å². The topological polar surface area (TPSA) is 142 Å². The van der Waals surface area contributed by atoms with Crippen LogP contribution in [0.4, 0.5) is 26.7 Å². The van der Waals surface area contributed by atoms with Crippen molar-refractivity contribution in [3.63, 3.8) is 0 Å². The summed E-state index contributed by atoms with van der Waals surface area (Å²) in [5, 5.41) is 10.9. The van der Waals surface area contributed by atoms with Crippen LogP contribution in [0.15, 0.2) is 24.5 Å². The zero-order chi connectivity index (χ0) is 31.9. The number of aromatic nitrogens is 5. The van der Waals surface area contributed by atoms with Gasteiger partial charge in [-0.1, -0.05) is 0 Å². The number of methoxy groups -OCH3 is 1. The summed E-state index contributed by atoms with van der Waals surface area (Å²) >= 11 is 0. The van der Waals surface area contributed by atoms with E-state index in [1.165, 1.54) is 40.8 Å². The number of nitrogens with zero attached hydrogens (tertiary/aromatic N) is 6. The first-order chi connectivity index (χ1) is 19.9. The molecule has 0 unspecified atom stereocenters. The van der Waals surface area contributed by atoms with E-state index in [0.29, 0.717) is 5.56 Å². The van der Waals surface area contributed by atoms with E-state index in [0.717, 1.165) is 18.7 Å². The Hall–Kier alpha value is -3.86. The van der Waals surface area contributed by atoms with Crippen molar-refractivity contribution in [2.24, 2.45) is 5.73 Å². The Balaban J connectivity index is 1.76. The predicted octanol–water partition coefficient (Wildman–Crippen LogP) is 3.44. The smallest absolute Gasteiger partial charge is 0.382 e. The van der Waals surface area contributed by atoms with Gasteiger partial charge in [0.25, 0.3) is 11.8 Å². The maximum Gasteiger partial charge on any atom is 0.416 e. The fourth-order valence-electron chi connectivity index (χ4n) is 4.58. The lowest BCUT2D eigenvalue weighted by Gasteiger charge is -2.38. The lowest BCUT2D eigenvalue weighted by Crippen LogP contribution is -2.58. The lowest BCUT2D eigenvalue weighted by atomic mass is 10.0. The first-order valence-corrected chi connectivity index (χ1v) is 13.3. The molecule has 4 rings (SSSR count). The number of nitrogens with one attached hydrogen (secondary N) is 1. The maximum atomic E-state index is 14.2. The van der Waals surface area contributed by atoms with Crippen LogP contribution in [-0.4, -0.2) is 92.3 Å². The highest BCUT2D eigenvalue weighted by Gasteiger charge is 2.49. The van der Waals surface area contributed by atoms with Crippen LogP contribution in [0.5, 0.6) is 0 Å². The molecule has 4 heterocycles. The molecule has 43 heavy (non-hydrogen) atoms. The van der Waals surface area contributed by atoms with Gasteiger partial charge in [-0.15, -0.1) is 0 Å². The molecule has 17 heteroatoms. The fraction of sp³-hybridized carbons (Fsp3) is 0.577. The van der Waals surface area contributed by atoms with Gasteiger partial charge >= 0.3 is 12.2 Å². The molecular weight excluding hydrogens is 583 g/mol. The molecule has 0 aliphatic carbocycles. The molecule has 1 aliphatic rings. The molecule has 2 atom stereocenters. The van der Waals surface area contributed by atoms with Crippen molar-refractivity contribution in [2.45, 2.75) is 63.4 Å². The molecule has 0 spiro atoms. The summed E-state index contributed by atoms with van der Waals surface area (Å²) in [6.07, 6.45) is -1.87. The molecule has 12 nitrogen and oxygen atoms in total. The zero-order valence-electron chi connectivity index (χ0n) is 24.2. The van der Waals surface area contributed by atoms with E-state index in [-0.39, 0.29) is 35.4 Å². The highest BCUT2D eigenvalue weighted by molar-refractivity contribution is 5.91. The summed E-state index contributed by atoms with van der Waals surface area (Å²) in [5.74, 6) is -4.94. The van der Waals surface area contributed by atoms with E-state index in [9.17, 15) is 31.5 Å². The van der Waals surface area contributed by atoms with Gasteiger partial charge in [0.05, 0.1) is 62.0 Å². The molecule has 3 aromatic rings. The van der Waals surface area contributed by atoms with Gasteiger partial charge in [0, 0.05) is 18.7 Å². The Morgan fingerprint density at radius 1 is 1.19 bits per heavy atom. The first kappa shape index (κ1) is 32.1. The van der Waals surface area contributed by atoms with Crippen LogP contribution in [0.25, 0.3) is 5.65 Å². The summed E-state index contributed by atoms with van der Waals surface area (Å²) in [7, 11) is 1.36. The molecule has 236 valence electrons. The molecule has 1 saturated heterocycles. The number of nitrogens with two attached hydrogens (primary N) is 1. The van der Waals surface area contributed by atoms with E-state index in [1.807, 2.05) is 0 Å². The van der Waals surface area contributed by atoms with Crippen LogP contribution in [0.2, 0.25) is 0 Å². The number of hydrogen-bond donors (Lipinski definition) is 2. The van der Waals surface area contributed by atoms with Crippen LogP contribution in [0.1, 0.15) is 73.1 Å². The number of alkyl halides is 5. The van der Waals surface area contributed by atoms with E-state index in [4.69, 9.17) is 15.2 Å². The molecule has 0 radical (unpaired) electrons. The predicted molar refractivity (Wildman–Crippen MR) is 142 cm³/mol. The van der Waals surface area contributed by atoms with Crippen LogP contribution < -0.4 is 11.1 Å². The van der Waals surface area contributed by atoms with Gasteiger partial charge < -0.3 is 25.4 Å². The second kappa shape index (κ2) is 11.7. The third kappa shape index (κ3) is 6.71. The molecule has 1 aliphatic heterocycles. The molecule has 1 fully saturated rings. The van der Waals surface area contributed by atoms with Crippen molar-refractivity contribution in [3.05, 3.63) is 47.2 Å². The number of hydrogen-bond acceptors (Lipinski definition) is 7. The zero-order valence-corrected chi connectivity index (χ0v) is 24.2. The lowest BCUT2D eigenvalue weighted by molar-refractivity contribution is -0.264. The molecule has 0 saturated carbocycles. The van der Waals surface area contributed by atoms with Gasteiger partial charge in [-0.2, -0.15) is 23.4 Å². The molecule has 3 N–H and O–H groups in total. The number of halogens is 5. The highest BCUT2D eigenvalue weighted by atomic mass is 19.4.